The van der Waals surface area contributed by atoms with E-state index in [1.165, 1.54) is 18.2 Å². The average molecular weight is 297 g/mol. The van der Waals surface area contributed by atoms with E-state index in [0.717, 1.165) is 11.1 Å². The third-order valence-corrected chi connectivity index (χ3v) is 3.46. The van der Waals surface area contributed by atoms with Crippen LogP contribution in [0, 0.1) is 0 Å². The highest BCUT2D eigenvalue weighted by Crippen LogP contribution is 2.26. The molecule has 0 aliphatic carbocycles. The van der Waals surface area contributed by atoms with Gasteiger partial charge in [-0.15, -0.1) is 0 Å². The molecule has 6 heteroatoms. The van der Waals surface area contributed by atoms with Crippen LogP contribution in [-0.4, -0.2) is 32.1 Å². The highest BCUT2D eigenvalue weighted by atomic mass is 16.5. The summed E-state index contributed by atoms with van der Waals surface area (Å²) in [5.41, 5.74) is 1.86. The molecule has 3 rings (SSSR count). The summed E-state index contributed by atoms with van der Waals surface area (Å²) >= 11 is 0. The Morgan fingerprint density at radius 3 is 2.05 bits per heavy atom. The molecule has 0 saturated heterocycles. The van der Waals surface area contributed by atoms with Gasteiger partial charge in [-0.3, -0.25) is 0 Å². The first-order valence-corrected chi connectivity index (χ1v) is 6.39. The monoisotopic (exact) mass is 297 g/mol. The lowest BCUT2D eigenvalue weighted by molar-refractivity contribution is 0.0647. The number of carboxylic acids is 2. The number of aromatic carboxylic acids is 2. The Balaban J connectivity index is 2.10. The Hall–Kier alpha value is -3.28. The van der Waals surface area contributed by atoms with Crippen LogP contribution in [0.1, 0.15) is 20.8 Å². The van der Waals surface area contributed by atoms with Crippen LogP contribution >= 0.6 is 0 Å². The van der Waals surface area contributed by atoms with Crippen LogP contribution in [-0.2, 0) is 0 Å². The van der Waals surface area contributed by atoms with Crippen LogP contribution in [0.15, 0.2) is 48.5 Å². The number of nitrogens with zero attached hydrogens (tertiary/aromatic N) is 1. The molecule has 0 spiro atoms. The maximum Gasteiger partial charge on any atom is 0.356 e. The smallest absolute Gasteiger partial charge is 0.356 e. The Labute approximate surface area is 124 Å². The van der Waals surface area contributed by atoms with Gasteiger partial charge in [-0.25, -0.2) is 9.59 Å². The predicted octanol–water partition coefficient (Wildman–Crippen LogP) is 2.94. The fourth-order valence-corrected chi connectivity index (χ4v) is 2.32. The Kier molecular flexibility index (Phi) is 3.06. The first kappa shape index (κ1) is 13.7. The maximum absolute atomic E-state index is 11.0. The summed E-state index contributed by atoms with van der Waals surface area (Å²) in [5, 5.41) is 28.4. The molecule has 110 valence electrons. The molecule has 0 atom stereocenters. The van der Waals surface area contributed by atoms with E-state index >= 15 is 0 Å². The zero-order valence-electron chi connectivity index (χ0n) is 11.2. The third-order valence-electron chi connectivity index (χ3n) is 3.46. The van der Waals surface area contributed by atoms with E-state index in [1.54, 1.807) is 30.3 Å². The molecule has 0 radical (unpaired) electrons. The summed E-state index contributed by atoms with van der Waals surface area (Å²) in [6.07, 6.45) is 0. The SMILES string of the molecule is O=C(O)c1ccc(-c2ccc3cc(C(=O)O)n(O)c3c2)cc1. The first-order chi connectivity index (χ1) is 10.5. The lowest BCUT2D eigenvalue weighted by Gasteiger charge is -2.04. The van der Waals surface area contributed by atoms with Gasteiger partial charge >= 0.3 is 11.9 Å². The summed E-state index contributed by atoms with van der Waals surface area (Å²) in [4.78, 5) is 21.9. The molecule has 0 bridgehead atoms. The predicted molar refractivity (Wildman–Crippen MR) is 78.5 cm³/mol. The number of carboxylic acid groups (broad SMARTS) is 2. The van der Waals surface area contributed by atoms with Crippen LogP contribution in [0.4, 0.5) is 0 Å². The molecule has 0 unspecified atom stereocenters. The van der Waals surface area contributed by atoms with E-state index in [2.05, 4.69) is 0 Å². The Morgan fingerprint density at radius 1 is 0.818 bits per heavy atom. The second-order valence-corrected chi connectivity index (χ2v) is 4.80. The van der Waals surface area contributed by atoms with Crippen molar-refractivity contribution in [2.24, 2.45) is 0 Å². The molecular formula is C16H11NO5. The highest BCUT2D eigenvalue weighted by Gasteiger charge is 2.14. The Morgan fingerprint density at radius 2 is 1.45 bits per heavy atom. The summed E-state index contributed by atoms with van der Waals surface area (Å²) in [7, 11) is 0. The minimum absolute atomic E-state index is 0.184. The van der Waals surface area contributed by atoms with Crippen LogP contribution in [0.25, 0.3) is 22.0 Å². The summed E-state index contributed by atoms with van der Waals surface area (Å²) in [6, 6.07) is 12.8. The van der Waals surface area contributed by atoms with E-state index in [0.29, 0.717) is 15.6 Å². The molecule has 22 heavy (non-hydrogen) atoms. The molecule has 2 aromatic carbocycles. The van der Waals surface area contributed by atoms with Crippen molar-refractivity contribution in [1.82, 2.24) is 4.73 Å². The minimum atomic E-state index is -1.22. The Bertz CT molecular complexity index is 893. The van der Waals surface area contributed by atoms with Crippen molar-refractivity contribution < 1.29 is 25.0 Å². The average Bonchev–Trinajstić information content (AvgIpc) is 2.84. The van der Waals surface area contributed by atoms with Gasteiger partial charge in [0.1, 0.15) is 0 Å². The van der Waals surface area contributed by atoms with Crippen molar-refractivity contribution in [3.05, 3.63) is 59.8 Å². The quantitative estimate of drug-likeness (QED) is 0.645. The second kappa shape index (κ2) is 4.92. The van der Waals surface area contributed by atoms with Crippen molar-refractivity contribution in [1.29, 1.82) is 0 Å². The number of hydrogen-bond donors (Lipinski definition) is 3. The molecule has 3 N–H and O–H groups in total. The molecule has 0 amide bonds. The van der Waals surface area contributed by atoms with Crippen LogP contribution < -0.4 is 0 Å². The van der Waals surface area contributed by atoms with Gasteiger partial charge in [0, 0.05) is 5.39 Å². The standard InChI is InChI=1S/C16H11NO5/c18-15(19)10-3-1-9(2-4-10)11-5-6-12-8-14(16(20)21)17(22)13(12)7-11/h1-8,22H,(H,18,19)(H,20,21). The lowest BCUT2D eigenvalue weighted by atomic mass is 10.0. The third kappa shape index (κ3) is 2.16. The molecule has 6 nitrogen and oxygen atoms in total. The number of hydrogen-bond acceptors (Lipinski definition) is 3. The van der Waals surface area contributed by atoms with Gasteiger partial charge in [0.05, 0.1) is 11.1 Å². The van der Waals surface area contributed by atoms with Crippen molar-refractivity contribution in [3.8, 4) is 11.1 Å². The maximum atomic E-state index is 11.0. The normalized spacial score (nSPS) is 10.7. The van der Waals surface area contributed by atoms with Crippen LogP contribution in [0.5, 0.6) is 0 Å². The molecule has 0 aliphatic heterocycles. The molecule has 1 heterocycles. The van der Waals surface area contributed by atoms with Gasteiger partial charge in [-0.05, 0) is 35.4 Å². The number of aromatic nitrogens is 1. The van der Waals surface area contributed by atoms with Gasteiger partial charge in [0.15, 0.2) is 5.69 Å². The molecule has 0 saturated carbocycles. The lowest BCUT2D eigenvalue weighted by Crippen LogP contribution is -2.04. The summed E-state index contributed by atoms with van der Waals surface area (Å²) in [6.45, 7) is 0. The highest BCUT2D eigenvalue weighted by molar-refractivity contribution is 5.96. The van der Waals surface area contributed by atoms with Gasteiger partial charge < -0.3 is 15.4 Å². The van der Waals surface area contributed by atoms with E-state index in [4.69, 9.17) is 10.2 Å². The van der Waals surface area contributed by atoms with E-state index in [9.17, 15) is 14.8 Å². The van der Waals surface area contributed by atoms with Crippen LogP contribution in [0.2, 0.25) is 0 Å². The fourth-order valence-electron chi connectivity index (χ4n) is 2.32. The zero-order chi connectivity index (χ0) is 15.9. The van der Waals surface area contributed by atoms with E-state index < -0.39 is 11.9 Å². The molecule has 1 aromatic heterocycles. The number of fused-ring (bicyclic) bond motifs is 1. The molecule has 0 fully saturated rings. The summed E-state index contributed by atoms with van der Waals surface area (Å²) < 4.78 is 0.632. The van der Waals surface area contributed by atoms with Crippen LogP contribution in [0.3, 0.4) is 0 Å². The van der Waals surface area contributed by atoms with Gasteiger partial charge in [-0.2, -0.15) is 4.73 Å². The van der Waals surface area contributed by atoms with Gasteiger partial charge in [-0.1, -0.05) is 24.3 Å². The van der Waals surface area contributed by atoms with Crippen molar-refractivity contribution in [2.75, 3.05) is 0 Å². The summed E-state index contributed by atoms with van der Waals surface area (Å²) in [5.74, 6) is -2.22. The van der Waals surface area contributed by atoms with Crippen molar-refractivity contribution >= 4 is 22.8 Å². The second-order valence-electron chi connectivity index (χ2n) is 4.80. The number of benzene rings is 2. The van der Waals surface area contributed by atoms with E-state index in [-0.39, 0.29) is 11.3 Å². The number of carbonyl (C=O) groups is 2. The van der Waals surface area contributed by atoms with Gasteiger partial charge in [0.25, 0.3) is 0 Å². The first-order valence-electron chi connectivity index (χ1n) is 6.39. The molecular weight excluding hydrogens is 286 g/mol. The van der Waals surface area contributed by atoms with E-state index in [1.807, 2.05) is 0 Å². The topological polar surface area (TPSA) is 99.8 Å². The molecule has 3 aromatic rings. The van der Waals surface area contributed by atoms with Crippen molar-refractivity contribution in [3.63, 3.8) is 0 Å². The van der Waals surface area contributed by atoms with Gasteiger partial charge in [0.2, 0.25) is 0 Å². The largest absolute Gasteiger partial charge is 0.478 e. The number of rotatable bonds is 3. The zero-order valence-corrected chi connectivity index (χ0v) is 11.2. The minimum Gasteiger partial charge on any atom is -0.478 e. The van der Waals surface area contributed by atoms with Crippen molar-refractivity contribution in [2.45, 2.75) is 0 Å². The fraction of sp³-hybridized carbons (Fsp3) is 0. The molecule has 0 aliphatic rings.